The van der Waals surface area contributed by atoms with Crippen molar-refractivity contribution in [3.8, 4) is 0 Å². The minimum atomic E-state index is -0.905. The fraction of sp³-hybridized carbons (Fsp3) is 0.577. The molecule has 2 N–H and O–H groups in total. The average Bonchev–Trinajstić information content (AvgIpc) is 2.84. The Labute approximate surface area is 196 Å². The second kappa shape index (κ2) is 22.2. The monoisotopic (exact) mass is 451 g/mol. The van der Waals surface area contributed by atoms with E-state index in [-0.39, 0.29) is 0 Å². The summed E-state index contributed by atoms with van der Waals surface area (Å²) in [6.07, 6.45) is 4.08. The van der Waals surface area contributed by atoms with Gasteiger partial charge in [0.05, 0.1) is 0 Å². The number of nitrogens with zero attached hydrogens (tertiary/aromatic N) is 2. The minimum absolute atomic E-state index is 0.378. The van der Waals surface area contributed by atoms with Gasteiger partial charge >= 0.3 is 0 Å². The van der Waals surface area contributed by atoms with E-state index in [1.165, 1.54) is 23.3 Å². The summed E-state index contributed by atoms with van der Waals surface area (Å²) in [6, 6.07) is 9.38. The molecule has 6 heteroatoms. The Balaban J connectivity index is 0. The van der Waals surface area contributed by atoms with Gasteiger partial charge in [-0.1, -0.05) is 55.8 Å². The molecule has 2 unspecified atom stereocenters. The molecule has 1 aromatic carbocycles. The van der Waals surface area contributed by atoms with Crippen molar-refractivity contribution in [2.75, 3.05) is 39.8 Å². The highest BCUT2D eigenvalue weighted by atomic mass is 19.1. The van der Waals surface area contributed by atoms with E-state index in [2.05, 4.69) is 66.4 Å². The maximum Gasteiger partial charge on any atom is 0.207 e. The van der Waals surface area contributed by atoms with Crippen molar-refractivity contribution in [3.05, 3.63) is 60.7 Å². The zero-order valence-electron chi connectivity index (χ0n) is 20.9. The molecule has 0 saturated carbocycles. The van der Waals surface area contributed by atoms with Crippen molar-refractivity contribution < 1.29 is 14.3 Å². The number of piperazine rings is 1. The summed E-state index contributed by atoms with van der Waals surface area (Å²) < 4.78 is 11.9. The quantitative estimate of drug-likeness (QED) is 0.315. The normalized spacial score (nSPS) is 15.2. The molecule has 32 heavy (non-hydrogen) atoms. The third-order valence-electron chi connectivity index (χ3n) is 4.99. The Morgan fingerprint density at radius 2 is 1.69 bits per heavy atom. The van der Waals surface area contributed by atoms with Crippen molar-refractivity contribution in [3.63, 3.8) is 0 Å². The maximum absolute atomic E-state index is 11.9. The van der Waals surface area contributed by atoms with Gasteiger partial charge in [0.2, 0.25) is 6.41 Å². The van der Waals surface area contributed by atoms with Crippen LogP contribution in [0.2, 0.25) is 0 Å². The summed E-state index contributed by atoms with van der Waals surface area (Å²) in [7, 11) is 1.00. The third kappa shape index (κ3) is 15.7. The highest BCUT2D eigenvalue weighted by molar-refractivity contribution is 5.45. The van der Waals surface area contributed by atoms with Gasteiger partial charge in [-0.3, -0.25) is 14.6 Å². The van der Waals surface area contributed by atoms with Gasteiger partial charge in [0.15, 0.2) is 0 Å². The molecular formula is C26H46FN3O2. The number of aliphatic hydroxyl groups excluding tert-OH is 1. The number of benzene rings is 1. The zero-order chi connectivity index (χ0) is 24.8. The van der Waals surface area contributed by atoms with Crippen molar-refractivity contribution in [2.24, 2.45) is 0 Å². The SMILES string of the molecule is C=CCC(F)C=C.CC.CO.Cc1ccc(CN2CCN(C(C)CCNC=O)CC2)cc1. The first-order chi connectivity index (χ1) is 15.5. The summed E-state index contributed by atoms with van der Waals surface area (Å²) in [4.78, 5) is 15.3. The van der Waals surface area contributed by atoms with E-state index in [0.29, 0.717) is 12.5 Å². The Morgan fingerprint density at radius 3 is 2.12 bits per heavy atom. The van der Waals surface area contributed by atoms with Crippen LogP contribution in [0.5, 0.6) is 0 Å². The molecule has 2 rings (SSSR count). The molecular weight excluding hydrogens is 405 g/mol. The first-order valence-electron chi connectivity index (χ1n) is 11.5. The number of rotatable bonds is 10. The lowest BCUT2D eigenvalue weighted by Gasteiger charge is -2.38. The highest BCUT2D eigenvalue weighted by Gasteiger charge is 2.20. The Kier molecular flexibility index (Phi) is 22.3. The van der Waals surface area contributed by atoms with Crippen LogP contribution in [0.15, 0.2) is 49.6 Å². The number of alkyl halides is 1. The zero-order valence-corrected chi connectivity index (χ0v) is 20.9. The second-order valence-electron chi connectivity index (χ2n) is 7.28. The van der Waals surface area contributed by atoms with Crippen molar-refractivity contribution in [1.29, 1.82) is 0 Å². The van der Waals surface area contributed by atoms with Crippen LogP contribution < -0.4 is 5.32 Å². The highest BCUT2D eigenvalue weighted by Crippen LogP contribution is 2.12. The van der Waals surface area contributed by atoms with Gasteiger partial charge in [-0.25, -0.2) is 4.39 Å². The number of aliphatic hydroxyl groups is 1. The second-order valence-corrected chi connectivity index (χ2v) is 7.28. The van der Waals surface area contributed by atoms with Crippen molar-refractivity contribution >= 4 is 6.41 Å². The maximum atomic E-state index is 11.9. The molecule has 184 valence electrons. The van der Waals surface area contributed by atoms with E-state index in [9.17, 15) is 9.18 Å². The fourth-order valence-corrected chi connectivity index (χ4v) is 3.10. The number of carbonyl (C=O) groups excluding carboxylic acids is 1. The van der Waals surface area contributed by atoms with Crippen molar-refractivity contribution in [1.82, 2.24) is 15.1 Å². The Morgan fingerprint density at radius 1 is 1.12 bits per heavy atom. The summed E-state index contributed by atoms with van der Waals surface area (Å²) in [5, 5.41) is 9.75. The molecule has 1 aliphatic rings. The molecule has 0 radical (unpaired) electrons. The number of nitrogens with one attached hydrogen (secondary N) is 1. The van der Waals surface area contributed by atoms with Gasteiger partial charge in [-0.15, -0.1) is 13.2 Å². The molecule has 1 fully saturated rings. The van der Waals surface area contributed by atoms with Crippen LogP contribution in [0.3, 0.4) is 0 Å². The van der Waals surface area contributed by atoms with Crippen LogP contribution in [0.25, 0.3) is 0 Å². The number of hydrogen-bond acceptors (Lipinski definition) is 4. The molecule has 0 aliphatic carbocycles. The molecule has 1 aromatic rings. The van der Waals surface area contributed by atoms with E-state index in [1.807, 2.05) is 13.8 Å². The largest absolute Gasteiger partial charge is 0.400 e. The molecule has 0 spiro atoms. The van der Waals surface area contributed by atoms with E-state index in [1.54, 1.807) is 0 Å². The van der Waals surface area contributed by atoms with E-state index in [4.69, 9.17) is 5.11 Å². The molecule has 0 bridgehead atoms. The molecule has 1 amide bonds. The summed E-state index contributed by atoms with van der Waals surface area (Å²) >= 11 is 0. The van der Waals surface area contributed by atoms with Crippen LogP contribution in [-0.4, -0.2) is 73.4 Å². The first kappa shape index (κ1) is 32.2. The van der Waals surface area contributed by atoms with Crippen LogP contribution in [0.4, 0.5) is 4.39 Å². The number of halogens is 1. The van der Waals surface area contributed by atoms with Crippen LogP contribution in [0.1, 0.15) is 44.7 Å². The first-order valence-corrected chi connectivity index (χ1v) is 11.5. The Bertz CT molecular complexity index is 573. The van der Waals surface area contributed by atoms with Crippen LogP contribution >= 0.6 is 0 Å². The number of carbonyl (C=O) groups is 1. The standard InChI is InChI=1S/C17H27N3O.C6H9F.C2H6.CH4O/c1-15-3-5-17(6-4-15)13-19-9-11-20(12-10-19)16(2)7-8-18-14-21;1-3-5-6(7)4-2;2*1-2/h3-6,14,16H,7-13H2,1-2H3,(H,18,21);3-4,6H,1-2,5H2;1-2H3;2H,1H3. The number of amides is 1. The van der Waals surface area contributed by atoms with Gasteiger partial charge < -0.3 is 10.4 Å². The fourth-order valence-electron chi connectivity index (χ4n) is 3.10. The predicted octanol–water partition coefficient (Wildman–Crippen LogP) is 4.36. The van der Waals surface area contributed by atoms with E-state index < -0.39 is 6.17 Å². The van der Waals surface area contributed by atoms with Gasteiger partial charge in [0, 0.05) is 52.4 Å². The molecule has 1 heterocycles. The average molecular weight is 452 g/mol. The number of hydrogen-bond donors (Lipinski definition) is 2. The van der Waals surface area contributed by atoms with E-state index >= 15 is 0 Å². The van der Waals surface area contributed by atoms with E-state index in [0.717, 1.165) is 59.2 Å². The van der Waals surface area contributed by atoms with Gasteiger partial charge in [-0.2, -0.15) is 0 Å². The number of aryl methyl sites for hydroxylation is 1. The van der Waals surface area contributed by atoms with Gasteiger partial charge in [0.1, 0.15) is 6.17 Å². The molecule has 2 atom stereocenters. The molecule has 5 nitrogen and oxygen atoms in total. The lowest BCUT2D eigenvalue weighted by Crippen LogP contribution is -2.49. The van der Waals surface area contributed by atoms with Crippen LogP contribution in [-0.2, 0) is 11.3 Å². The topological polar surface area (TPSA) is 55.8 Å². The predicted molar refractivity (Wildman–Crippen MR) is 136 cm³/mol. The molecule has 1 aliphatic heterocycles. The molecule has 0 aromatic heterocycles. The van der Waals surface area contributed by atoms with Crippen molar-refractivity contribution in [2.45, 2.75) is 59.3 Å². The summed E-state index contributed by atoms with van der Waals surface area (Å²) in [5.74, 6) is 0. The van der Waals surface area contributed by atoms with Crippen LogP contribution in [0, 0.1) is 6.92 Å². The lowest BCUT2D eigenvalue weighted by molar-refractivity contribution is -0.109. The minimum Gasteiger partial charge on any atom is -0.400 e. The number of allylic oxidation sites excluding steroid dienone is 2. The summed E-state index contributed by atoms with van der Waals surface area (Å²) in [6.45, 7) is 21.3. The van der Waals surface area contributed by atoms with Gasteiger partial charge in [-0.05, 0) is 32.3 Å². The molecule has 1 saturated heterocycles. The summed E-state index contributed by atoms with van der Waals surface area (Å²) in [5.41, 5.74) is 2.72. The smallest absolute Gasteiger partial charge is 0.207 e. The lowest BCUT2D eigenvalue weighted by atomic mass is 10.1. The van der Waals surface area contributed by atoms with Gasteiger partial charge in [0.25, 0.3) is 0 Å². The third-order valence-corrected chi connectivity index (χ3v) is 4.99. The Hall–Kier alpha value is -2.02.